The number of likely N-dealkylation sites (tertiary alicyclic amines) is 1. The molecule has 0 bridgehead atoms. The van der Waals surface area contributed by atoms with Gasteiger partial charge in [0.25, 0.3) is 0 Å². The number of carbonyl (C=O) groups is 1. The Balaban J connectivity index is 1.20. The topological polar surface area (TPSA) is 147 Å². The Bertz CT molecular complexity index is 1500. The number of benzene rings is 3. The fourth-order valence-electron chi connectivity index (χ4n) is 6.01. The van der Waals surface area contributed by atoms with Crippen LogP contribution in [0.2, 0.25) is 0 Å². The molecule has 3 aliphatic rings. The molecule has 0 amide bonds. The number of hydrogen-bond acceptors (Lipinski definition) is 11. The first-order valence-electron chi connectivity index (χ1n) is 14.9. The van der Waals surface area contributed by atoms with Crippen molar-refractivity contribution in [3.8, 4) is 40.2 Å². The number of piperidine rings is 1. The number of rotatable bonds is 9. The number of aliphatic hydroxyl groups is 2. The van der Waals surface area contributed by atoms with Crippen LogP contribution in [0, 0.1) is 0 Å². The highest BCUT2D eigenvalue weighted by Gasteiger charge is 2.40. The summed E-state index contributed by atoms with van der Waals surface area (Å²) in [6.07, 6.45) is 0.373. The Morgan fingerprint density at radius 1 is 0.864 bits per heavy atom. The van der Waals surface area contributed by atoms with Gasteiger partial charge in [-0.3, -0.25) is 4.79 Å². The monoisotopic (exact) mass is 607 g/mol. The molecule has 44 heavy (non-hydrogen) atoms. The van der Waals surface area contributed by atoms with Gasteiger partial charge in [0.15, 0.2) is 47.4 Å². The maximum Gasteiger partial charge on any atom is 0.202 e. The summed E-state index contributed by atoms with van der Waals surface area (Å²) in [5.41, 5.74) is 0.946. The lowest BCUT2D eigenvalue weighted by Gasteiger charge is -2.35. The van der Waals surface area contributed by atoms with Crippen LogP contribution in [-0.2, 0) is 0 Å². The third kappa shape index (κ3) is 5.95. The second-order valence-electron chi connectivity index (χ2n) is 11.3. The summed E-state index contributed by atoms with van der Waals surface area (Å²) in [7, 11) is 1.43. The minimum atomic E-state index is -1.59. The van der Waals surface area contributed by atoms with E-state index in [2.05, 4.69) is 4.90 Å². The fraction of sp³-hybridized carbons (Fsp3) is 0.424. The molecule has 3 aromatic carbocycles. The first-order valence-corrected chi connectivity index (χ1v) is 14.9. The highest BCUT2D eigenvalue weighted by atomic mass is 16.6. The summed E-state index contributed by atoms with van der Waals surface area (Å²) in [6, 6.07) is 12.5. The van der Waals surface area contributed by atoms with Gasteiger partial charge in [-0.2, -0.15) is 0 Å². The summed E-state index contributed by atoms with van der Waals surface area (Å²) in [5.74, 6) is 0.369. The number of phenols is 2. The van der Waals surface area contributed by atoms with Crippen molar-refractivity contribution in [2.75, 3.05) is 40.0 Å². The zero-order valence-corrected chi connectivity index (χ0v) is 24.5. The second-order valence-corrected chi connectivity index (χ2v) is 11.3. The first kappa shape index (κ1) is 29.9. The molecule has 4 atom stereocenters. The standard InChI is InChI=1S/C33H37NO10/c1-40-25-14-19(6-8-22(25)36)32-28(18-35)42-24-9-7-20(15-26(24)43-32)33-31(39)30(38)29-23(37)16-21(17-27(29)44-33)41-13-5-12-34-10-3-2-4-11-34/h6-9,14-17,28,31-33,35-37,39H,2-5,10-13,18H2,1H3. The summed E-state index contributed by atoms with van der Waals surface area (Å²) in [5, 5.41) is 41.6. The smallest absolute Gasteiger partial charge is 0.202 e. The average molecular weight is 608 g/mol. The normalized spacial score (nSPS) is 23.0. The van der Waals surface area contributed by atoms with E-state index in [1.165, 1.54) is 38.5 Å². The van der Waals surface area contributed by atoms with Gasteiger partial charge in [0.2, 0.25) is 5.78 Å². The number of ketones is 1. The maximum absolute atomic E-state index is 13.2. The van der Waals surface area contributed by atoms with E-state index >= 15 is 0 Å². The van der Waals surface area contributed by atoms with E-state index in [0.717, 1.165) is 26.1 Å². The molecule has 0 aliphatic carbocycles. The van der Waals surface area contributed by atoms with Crippen LogP contribution in [0.15, 0.2) is 48.5 Å². The van der Waals surface area contributed by atoms with Crippen molar-refractivity contribution in [2.45, 2.75) is 50.1 Å². The second kappa shape index (κ2) is 12.8. The minimum absolute atomic E-state index is 0.0401. The number of aromatic hydroxyl groups is 2. The van der Waals surface area contributed by atoms with Crippen molar-refractivity contribution in [1.29, 1.82) is 0 Å². The molecule has 6 rings (SSSR count). The van der Waals surface area contributed by atoms with Crippen molar-refractivity contribution in [3.05, 3.63) is 65.2 Å². The molecule has 11 nitrogen and oxygen atoms in total. The van der Waals surface area contributed by atoms with Crippen molar-refractivity contribution in [2.24, 2.45) is 0 Å². The van der Waals surface area contributed by atoms with E-state index in [1.54, 1.807) is 36.4 Å². The quantitative estimate of drug-likeness (QED) is 0.263. The lowest BCUT2D eigenvalue weighted by molar-refractivity contribution is -0.0130. The molecule has 4 N–H and O–H groups in total. The number of ether oxygens (including phenoxy) is 5. The van der Waals surface area contributed by atoms with E-state index in [-0.39, 0.29) is 35.2 Å². The van der Waals surface area contributed by atoms with Crippen LogP contribution >= 0.6 is 0 Å². The van der Waals surface area contributed by atoms with Crippen molar-refractivity contribution >= 4 is 5.78 Å². The number of aliphatic hydroxyl groups excluding tert-OH is 2. The molecule has 4 unspecified atom stereocenters. The predicted octanol–water partition coefficient (Wildman–Crippen LogP) is 3.91. The van der Waals surface area contributed by atoms with Crippen molar-refractivity contribution in [3.63, 3.8) is 0 Å². The molecule has 0 saturated carbocycles. The fourth-order valence-corrected chi connectivity index (χ4v) is 6.01. The average Bonchev–Trinajstić information content (AvgIpc) is 3.04. The lowest BCUT2D eigenvalue weighted by atomic mass is 9.92. The Morgan fingerprint density at radius 2 is 1.61 bits per heavy atom. The zero-order valence-electron chi connectivity index (χ0n) is 24.5. The van der Waals surface area contributed by atoms with Gasteiger partial charge in [-0.1, -0.05) is 18.6 Å². The van der Waals surface area contributed by atoms with E-state index in [1.807, 2.05) is 0 Å². The first-order chi connectivity index (χ1) is 21.4. The van der Waals surface area contributed by atoms with Gasteiger partial charge in [-0.25, -0.2) is 0 Å². The molecular formula is C33H37NO10. The number of Topliss-reactive ketones (excluding diaryl/α,β-unsaturated/α-hetero) is 1. The largest absolute Gasteiger partial charge is 0.507 e. The number of hydrogen-bond donors (Lipinski definition) is 4. The molecule has 1 saturated heterocycles. The molecule has 11 heteroatoms. The van der Waals surface area contributed by atoms with Gasteiger partial charge in [-0.05, 0) is 62.2 Å². The summed E-state index contributed by atoms with van der Waals surface area (Å²) in [4.78, 5) is 15.6. The summed E-state index contributed by atoms with van der Waals surface area (Å²) in [6.45, 7) is 3.25. The number of fused-ring (bicyclic) bond motifs is 2. The zero-order chi connectivity index (χ0) is 30.8. The van der Waals surface area contributed by atoms with Crippen LogP contribution in [0.5, 0.6) is 40.2 Å². The van der Waals surface area contributed by atoms with Crippen LogP contribution in [0.4, 0.5) is 0 Å². The van der Waals surface area contributed by atoms with Gasteiger partial charge < -0.3 is 49.0 Å². The molecule has 0 radical (unpaired) electrons. The maximum atomic E-state index is 13.2. The highest BCUT2D eigenvalue weighted by molar-refractivity contribution is 6.05. The molecule has 3 aliphatic heterocycles. The van der Waals surface area contributed by atoms with Crippen LogP contribution in [0.25, 0.3) is 0 Å². The van der Waals surface area contributed by atoms with Gasteiger partial charge in [-0.15, -0.1) is 0 Å². The van der Waals surface area contributed by atoms with Crippen LogP contribution in [-0.4, -0.2) is 83.3 Å². The Kier molecular flexibility index (Phi) is 8.69. The van der Waals surface area contributed by atoms with E-state index in [9.17, 15) is 25.2 Å². The van der Waals surface area contributed by atoms with E-state index in [4.69, 9.17) is 23.7 Å². The number of nitrogens with zero attached hydrogens (tertiary/aromatic N) is 1. The van der Waals surface area contributed by atoms with E-state index in [0.29, 0.717) is 35.0 Å². The van der Waals surface area contributed by atoms with Crippen molar-refractivity contribution < 1.29 is 48.9 Å². The van der Waals surface area contributed by atoms with Crippen LogP contribution in [0.1, 0.15) is 59.4 Å². The van der Waals surface area contributed by atoms with Crippen LogP contribution < -0.4 is 23.7 Å². The molecule has 3 heterocycles. The van der Waals surface area contributed by atoms with Crippen LogP contribution in [0.3, 0.4) is 0 Å². The Morgan fingerprint density at radius 3 is 2.39 bits per heavy atom. The van der Waals surface area contributed by atoms with Gasteiger partial charge in [0, 0.05) is 24.2 Å². The summed E-state index contributed by atoms with van der Waals surface area (Å²) >= 11 is 0. The highest BCUT2D eigenvalue weighted by Crippen LogP contribution is 2.46. The third-order valence-electron chi connectivity index (χ3n) is 8.33. The van der Waals surface area contributed by atoms with Gasteiger partial charge >= 0.3 is 0 Å². The van der Waals surface area contributed by atoms with Gasteiger partial charge in [0.05, 0.1) is 20.3 Å². The van der Waals surface area contributed by atoms with Crippen molar-refractivity contribution in [1.82, 2.24) is 4.90 Å². The molecule has 1 fully saturated rings. The molecule has 0 spiro atoms. The number of carbonyl (C=O) groups excluding carboxylic acids is 1. The molecular weight excluding hydrogens is 570 g/mol. The van der Waals surface area contributed by atoms with Gasteiger partial charge in [0.1, 0.15) is 22.8 Å². The molecule has 234 valence electrons. The SMILES string of the molecule is COc1cc(C2Oc3cc(C4Oc5cc(OCCCN6CCCCC6)cc(O)c5C(=O)C4O)ccc3OC2CO)ccc1O. The number of phenolic OH excluding ortho intramolecular Hbond substituents is 2. The summed E-state index contributed by atoms with van der Waals surface area (Å²) < 4.78 is 29.5. The Labute approximate surface area is 255 Å². The Hall–Kier alpha value is -4.19. The number of methoxy groups -OCH3 is 1. The molecule has 3 aromatic rings. The molecule has 0 aromatic heterocycles. The van der Waals surface area contributed by atoms with E-state index < -0.39 is 30.2 Å². The predicted molar refractivity (Wildman–Crippen MR) is 158 cm³/mol. The minimum Gasteiger partial charge on any atom is -0.507 e. The lowest BCUT2D eigenvalue weighted by Crippen LogP contribution is -2.37. The third-order valence-corrected chi connectivity index (χ3v) is 8.33.